The highest BCUT2D eigenvalue weighted by Gasteiger charge is 2.28. The van der Waals surface area contributed by atoms with Gasteiger partial charge in [-0.05, 0) is 58.9 Å². The molecule has 3 nitrogen and oxygen atoms in total. The molecule has 0 aromatic rings. The molecule has 0 radical (unpaired) electrons. The zero-order valence-corrected chi connectivity index (χ0v) is 13.1. The molecule has 0 amide bonds. The van der Waals surface area contributed by atoms with Gasteiger partial charge in [-0.25, -0.2) is 0 Å². The summed E-state index contributed by atoms with van der Waals surface area (Å²) in [6.07, 6.45) is 2.57. The molecule has 1 aliphatic heterocycles. The Morgan fingerprint density at radius 1 is 1.22 bits per heavy atom. The lowest BCUT2D eigenvalue weighted by atomic mass is 9.90. The molecule has 1 N–H and O–H groups in total. The second kappa shape index (κ2) is 8.13. The second-order valence-corrected chi connectivity index (χ2v) is 5.94. The molecule has 1 heterocycles. The van der Waals surface area contributed by atoms with Gasteiger partial charge in [0.15, 0.2) is 0 Å². The molecule has 0 aromatic heterocycles. The van der Waals surface area contributed by atoms with Crippen molar-refractivity contribution in [2.45, 2.75) is 52.6 Å². The molecule has 0 bridgehead atoms. The van der Waals surface area contributed by atoms with Crippen LogP contribution in [0, 0.1) is 5.92 Å². The lowest BCUT2D eigenvalue weighted by molar-refractivity contribution is 0.121. The summed E-state index contributed by atoms with van der Waals surface area (Å²) in [6.45, 7) is 15.2. The molecule has 0 spiro atoms. The smallest absolute Gasteiger partial charge is 0.0120 e. The fraction of sp³-hybridized carbons (Fsp3) is 1.00. The van der Waals surface area contributed by atoms with E-state index in [0.717, 1.165) is 12.0 Å². The van der Waals surface area contributed by atoms with E-state index in [1.807, 2.05) is 0 Å². The van der Waals surface area contributed by atoms with Crippen LogP contribution in [0.1, 0.15) is 40.5 Å². The standard InChI is InChI=1S/C15H33N3/c1-6-18(7-2)10-8-9-16-15-11-14(4)17(5)12-13(15)3/h13-16H,6-12H2,1-5H3. The molecule has 1 fully saturated rings. The summed E-state index contributed by atoms with van der Waals surface area (Å²) < 4.78 is 0. The van der Waals surface area contributed by atoms with E-state index in [-0.39, 0.29) is 0 Å². The van der Waals surface area contributed by atoms with E-state index in [2.05, 4.69) is 49.9 Å². The van der Waals surface area contributed by atoms with Crippen LogP contribution in [0.15, 0.2) is 0 Å². The van der Waals surface area contributed by atoms with Crippen LogP contribution in [0.3, 0.4) is 0 Å². The van der Waals surface area contributed by atoms with E-state index < -0.39 is 0 Å². The topological polar surface area (TPSA) is 18.5 Å². The van der Waals surface area contributed by atoms with Crippen LogP contribution in [0.5, 0.6) is 0 Å². The Labute approximate surface area is 114 Å². The highest BCUT2D eigenvalue weighted by atomic mass is 15.2. The van der Waals surface area contributed by atoms with Crippen molar-refractivity contribution >= 4 is 0 Å². The maximum atomic E-state index is 3.77. The number of piperidine rings is 1. The molecule has 3 heteroatoms. The van der Waals surface area contributed by atoms with E-state index in [1.54, 1.807) is 0 Å². The molecule has 0 aromatic carbocycles. The maximum absolute atomic E-state index is 3.77. The van der Waals surface area contributed by atoms with Gasteiger partial charge in [0.25, 0.3) is 0 Å². The molecule has 1 aliphatic rings. The van der Waals surface area contributed by atoms with Crippen molar-refractivity contribution in [2.24, 2.45) is 5.92 Å². The van der Waals surface area contributed by atoms with Gasteiger partial charge in [0.05, 0.1) is 0 Å². The third kappa shape index (κ3) is 4.87. The van der Waals surface area contributed by atoms with Gasteiger partial charge >= 0.3 is 0 Å². The minimum atomic E-state index is 0.716. The first-order valence-electron chi connectivity index (χ1n) is 7.74. The van der Waals surface area contributed by atoms with Crippen LogP contribution in [0.4, 0.5) is 0 Å². The van der Waals surface area contributed by atoms with Crippen molar-refractivity contribution in [3.8, 4) is 0 Å². The van der Waals surface area contributed by atoms with E-state index >= 15 is 0 Å². The Hall–Kier alpha value is -0.120. The Bertz CT molecular complexity index is 216. The van der Waals surface area contributed by atoms with Gasteiger partial charge in [0.2, 0.25) is 0 Å². The Morgan fingerprint density at radius 3 is 2.50 bits per heavy atom. The molecule has 3 atom stereocenters. The number of hydrogen-bond acceptors (Lipinski definition) is 3. The molecule has 1 saturated heterocycles. The van der Waals surface area contributed by atoms with Crippen molar-refractivity contribution in [1.82, 2.24) is 15.1 Å². The zero-order valence-electron chi connectivity index (χ0n) is 13.1. The first kappa shape index (κ1) is 15.9. The van der Waals surface area contributed by atoms with Crippen molar-refractivity contribution in [3.05, 3.63) is 0 Å². The van der Waals surface area contributed by atoms with Gasteiger partial charge in [0.1, 0.15) is 0 Å². The fourth-order valence-electron chi connectivity index (χ4n) is 2.96. The monoisotopic (exact) mass is 255 g/mol. The number of rotatable bonds is 7. The summed E-state index contributed by atoms with van der Waals surface area (Å²) in [7, 11) is 2.25. The van der Waals surface area contributed by atoms with Gasteiger partial charge in [0, 0.05) is 18.6 Å². The third-order valence-electron chi connectivity index (χ3n) is 4.56. The minimum absolute atomic E-state index is 0.716. The predicted molar refractivity (Wildman–Crippen MR) is 80.1 cm³/mol. The largest absolute Gasteiger partial charge is 0.314 e. The molecule has 1 rings (SSSR count). The highest BCUT2D eigenvalue weighted by Crippen LogP contribution is 2.20. The SMILES string of the molecule is CCN(CC)CCCNC1CC(C)N(C)CC1C. The van der Waals surface area contributed by atoms with Crippen molar-refractivity contribution in [1.29, 1.82) is 0 Å². The van der Waals surface area contributed by atoms with Crippen LogP contribution in [0.2, 0.25) is 0 Å². The highest BCUT2D eigenvalue weighted by molar-refractivity contribution is 4.85. The van der Waals surface area contributed by atoms with E-state index in [0.29, 0.717) is 6.04 Å². The fourth-order valence-corrected chi connectivity index (χ4v) is 2.96. The number of nitrogens with zero attached hydrogens (tertiary/aromatic N) is 2. The molecular weight excluding hydrogens is 222 g/mol. The van der Waals surface area contributed by atoms with E-state index in [9.17, 15) is 0 Å². The summed E-state index contributed by atoms with van der Waals surface area (Å²) in [5.74, 6) is 0.777. The first-order chi connectivity index (χ1) is 8.58. The zero-order chi connectivity index (χ0) is 13.5. The molecule has 3 unspecified atom stereocenters. The second-order valence-electron chi connectivity index (χ2n) is 5.94. The first-order valence-corrected chi connectivity index (χ1v) is 7.74. The Morgan fingerprint density at radius 2 is 1.89 bits per heavy atom. The summed E-state index contributed by atoms with van der Waals surface area (Å²) >= 11 is 0. The van der Waals surface area contributed by atoms with Crippen molar-refractivity contribution in [2.75, 3.05) is 39.8 Å². The predicted octanol–water partition coefficient (Wildman–Crippen LogP) is 2.04. The van der Waals surface area contributed by atoms with E-state index in [4.69, 9.17) is 0 Å². The van der Waals surface area contributed by atoms with Crippen molar-refractivity contribution < 1.29 is 0 Å². The van der Waals surface area contributed by atoms with Crippen LogP contribution < -0.4 is 5.32 Å². The van der Waals surface area contributed by atoms with Crippen molar-refractivity contribution in [3.63, 3.8) is 0 Å². The van der Waals surface area contributed by atoms with Gasteiger partial charge in [-0.15, -0.1) is 0 Å². The van der Waals surface area contributed by atoms with Gasteiger partial charge < -0.3 is 15.1 Å². The third-order valence-corrected chi connectivity index (χ3v) is 4.56. The maximum Gasteiger partial charge on any atom is 0.0120 e. The van der Waals surface area contributed by atoms with Crippen LogP contribution in [0.25, 0.3) is 0 Å². The minimum Gasteiger partial charge on any atom is -0.314 e. The van der Waals surface area contributed by atoms with Crippen LogP contribution in [-0.4, -0.2) is 61.7 Å². The Balaban J connectivity index is 2.18. The number of hydrogen-bond donors (Lipinski definition) is 1. The van der Waals surface area contributed by atoms with E-state index in [1.165, 1.54) is 45.6 Å². The van der Waals surface area contributed by atoms with Gasteiger partial charge in [-0.1, -0.05) is 20.8 Å². The quantitative estimate of drug-likeness (QED) is 0.702. The lowest BCUT2D eigenvalue weighted by Gasteiger charge is -2.40. The molecule has 0 saturated carbocycles. The molecule has 18 heavy (non-hydrogen) atoms. The normalized spacial score (nSPS) is 30.0. The summed E-state index contributed by atoms with van der Waals surface area (Å²) in [5.41, 5.74) is 0. The summed E-state index contributed by atoms with van der Waals surface area (Å²) in [6, 6.07) is 1.44. The number of nitrogens with one attached hydrogen (secondary N) is 1. The molecular formula is C15H33N3. The molecule has 0 aliphatic carbocycles. The van der Waals surface area contributed by atoms with Gasteiger partial charge in [-0.3, -0.25) is 0 Å². The lowest BCUT2D eigenvalue weighted by Crippen LogP contribution is -2.51. The molecule has 108 valence electrons. The number of likely N-dealkylation sites (tertiary alicyclic amines) is 1. The average Bonchev–Trinajstić information content (AvgIpc) is 2.35. The Kier molecular flexibility index (Phi) is 7.20. The average molecular weight is 255 g/mol. The summed E-state index contributed by atoms with van der Waals surface area (Å²) in [4.78, 5) is 4.99. The summed E-state index contributed by atoms with van der Waals surface area (Å²) in [5, 5.41) is 3.77. The van der Waals surface area contributed by atoms with Crippen LogP contribution >= 0.6 is 0 Å². The van der Waals surface area contributed by atoms with Gasteiger partial charge in [-0.2, -0.15) is 0 Å². The van der Waals surface area contributed by atoms with Crippen LogP contribution in [-0.2, 0) is 0 Å².